The lowest BCUT2D eigenvalue weighted by Crippen LogP contribution is -2.50. The Hall–Kier alpha value is -1.26. The van der Waals surface area contributed by atoms with Crippen molar-refractivity contribution in [1.29, 1.82) is 0 Å². The van der Waals surface area contributed by atoms with E-state index >= 15 is 0 Å². The number of hydrogen-bond acceptors (Lipinski definition) is 2. The number of carbonyl (C=O) groups is 1. The van der Waals surface area contributed by atoms with Crippen LogP contribution in [-0.2, 0) is 4.79 Å². The maximum absolute atomic E-state index is 11.7. The van der Waals surface area contributed by atoms with Crippen LogP contribution in [0, 0.1) is 11.8 Å². The molecule has 5 heteroatoms. The minimum atomic E-state index is 0.0338. The Kier molecular flexibility index (Phi) is 6.30. The van der Waals surface area contributed by atoms with Gasteiger partial charge >= 0.3 is 0 Å². The smallest absolute Gasteiger partial charge is 0.243 e. The van der Waals surface area contributed by atoms with Gasteiger partial charge in [-0.2, -0.15) is 0 Å². The molecule has 1 aliphatic heterocycles. The number of likely N-dealkylation sites (N-methyl/N-ethyl adjacent to an activating group) is 1. The van der Waals surface area contributed by atoms with Crippen molar-refractivity contribution in [1.82, 2.24) is 15.1 Å². The monoisotopic (exact) mass is 282 g/mol. The topological polar surface area (TPSA) is 47.9 Å². The Balaban J connectivity index is 2.73. The highest BCUT2D eigenvalue weighted by molar-refractivity contribution is 5.85. The molecule has 0 aromatic rings. The van der Waals surface area contributed by atoms with Gasteiger partial charge in [0.2, 0.25) is 5.91 Å². The summed E-state index contributed by atoms with van der Waals surface area (Å²) in [5, 5.41) is 3.38. The van der Waals surface area contributed by atoms with E-state index in [4.69, 9.17) is 0 Å². The van der Waals surface area contributed by atoms with Gasteiger partial charge in [-0.1, -0.05) is 13.8 Å². The minimum absolute atomic E-state index is 0.0338. The van der Waals surface area contributed by atoms with Gasteiger partial charge in [-0.3, -0.25) is 4.79 Å². The van der Waals surface area contributed by atoms with Gasteiger partial charge in [0.15, 0.2) is 5.96 Å². The summed E-state index contributed by atoms with van der Waals surface area (Å²) in [4.78, 5) is 20.1. The van der Waals surface area contributed by atoms with Crippen molar-refractivity contribution in [3.63, 3.8) is 0 Å². The minimum Gasteiger partial charge on any atom is -0.354 e. The summed E-state index contributed by atoms with van der Waals surface area (Å²) in [6.07, 6.45) is 1.18. The molecule has 0 aromatic heterocycles. The van der Waals surface area contributed by atoms with Crippen molar-refractivity contribution in [2.75, 3.05) is 33.7 Å². The highest BCUT2D eigenvalue weighted by Gasteiger charge is 2.25. The van der Waals surface area contributed by atoms with Crippen LogP contribution in [-0.4, -0.2) is 61.4 Å². The second-order valence-electron chi connectivity index (χ2n) is 6.42. The van der Waals surface area contributed by atoms with Crippen LogP contribution in [0.3, 0.4) is 0 Å². The summed E-state index contributed by atoms with van der Waals surface area (Å²) in [6, 6.07) is 0.317. The van der Waals surface area contributed by atoms with E-state index in [-0.39, 0.29) is 12.5 Å². The summed E-state index contributed by atoms with van der Waals surface area (Å²) in [6.45, 7) is 11.0. The van der Waals surface area contributed by atoms with E-state index in [1.165, 1.54) is 6.42 Å². The van der Waals surface area contributed by atoms with Gasteiger partial charge in [0.05, 0.1) is 0 Å². The Morgan fingerprint density at radius 1 is 1.35 bits per heavy atom. The van der Waals surface area contributed by atoms with Crippen molar-refractivity contribution in [2.24, 2.45) is 16.8 Å². The van der Waals surface area contributed by atoms with E-state index in [9.17, 15) is 4.79 Å². The van der Waals surface area contributed by atoms with Crippen molar-refractivity contribution in [3.05, 3.63) is 0 Å². The lowest BCUT2D eigenvalue weighted by molar-refractivity contribution is -0.127. The molecule has 1 saturated heterocycles. The molecule has 0 spiro atoms. The fraction of sp³-hybridized carbons (Fsp3) is 0.867. The quantitative estimate of drug-likeness (QED) is 0.629. The van der Waals surface area contributed by atoms with Gasteiger partial charge < -0.3 is 15.1 Å². The molecular weight excluding hydrogens is 252 g/mol. The lowest BCUT2D eigenvalue weighted by Gasteiger charge is -2.37. The highest BCUT2D eigenvalue weighted by Crippen LogP contribution is 2.22. The Bertz CT molecular complexity index is 352. The molecule has 1 heterocycles. The first-order valence-electron chi connectivity index (χ1n) is 7.57. The number of nitrogens with one attached hydrogen (secondary N) is 1. The summed E-state index contributed by atoms with van der Waals surface area (Å²) < 4.78 is 0. The third-order valence-electron chi connectivity index (χ3n) is 3.91. The average Bonchev–Trinajstić information content (AvgIpc) is 2.36. The molecule has 1 aliphatic rings. The third kappa shape index (κ3) is 5.02. The molecule has 2 unspecified atom stereocenters. The molecule has 0 bridgehead atoms. The first kappa shape index (κ1) is 16.8. The highest BCUT2D eigenvalue weighted by atomic mass is 16.2. The van der Waals surface area contributed by atoms with Crippen LogP contribution in [0.2, 0.25) is 0 Å². The number of likely N-dealkylation sites (tertiary alicyclic amines) is 1. The van der Waals surface area contributed by atoms with Crippen molar-refractivity contribution < 1.29 is 4.79 Å². The molecule has 0 aliphatic carbocycles. The Labute approximate surface area is 123 Å². The largest absolute Gasteiger partial charge is 0.354 e. The fourth-order valence-electron chi connectivity index (χ4n) is 2.23. The summed E-state index contributed by atoms with van der Waals surface area (Å²) in [7, 11) is 3.52. The molecule has 1 N–H and O–H groups in total. The Morgan fingerprint density at radius 3 is 2.50 bits per heavy atom. The van der Waals surface area contributed by atoms with Gasteiger partial charge in [-0.25, -0.2) is 4.99 Å². The van der Waals surface area contributed by atoms with Crippen LogP contribution >= 0.6 is 0 Å². The predicted molar refractivity (Wildman–Crippen MR) is 83.8 cm³/mol. The molecule has 0 aromatic carbocycles. The number of rotatable bonds is 3. The number of nitrogens with zero attached hydrogens (tertiary/aromatic N) is 3. The number of piperidine rings is 1. The number of guanidine groups is 1. The Morgan fingerprint density at radius 2 is 2.00 bits per heavy atom. The van der Waals surface area contributed by atoms with E-state index < -0.39 is 0 Å². The van der Waals surface area contributed by atoms with E-state index in [0.29, 0.717) is 12.0 Å². The van der Waals surface area contributed by atoms with Gasteiger partial charge in [0.1, 0.15) is 6.54 Å². The standard InChI is InChI=1S/C15H30N4O/c1-11(2)17-15(16-9-14(20)18(5)6)19-8-7-12(3)13(4)10-19/h11-13H,7-10H2,1-6H3,(H,16,17). The number of carbonyl (C=O) groups excluding carboxylic acids is 1. The lowest BCUT2D eigenvalue weighted by atomic mass is 9.89. The normalized spacial score (nSPS) is 23.9. The van der Waals surface area contributed by atoms with Gasteiger partial charge in [-0.05, 0) is 32.1 Å². The molecule has 1 rings (SSSR count). The molecule has 1 fully saturated rings. The SMILES string of the molecule is CC(C)NC(=NCC(=O)N(C)C)N1CCC(C)C(C)C1. The van der Waals surface area contributed by atoms with Gasteiger partial charge in [-0.15, -0.1) is 0 Å². The van der Waals surface area contributed by atoms with Crippen LogP contribution in [0.25, 0.3) is 0 Å². The first-order chi connectivity index (χ1) is 9.31. The van der Waals surface area contributed by atoms with Gasteiger partial charge in [0.25, 0.3) is 0 Å². The van der Waals surface area contributed by atoms with Crippen molar-refractivity contribution in [3.8, 4) is 0 Å². The van der Waals surface area contributed by atoms with Gasteiger partial charge in [0, 0.05) is 33.2 Å². The van der Waals surface area contributed by atoms with E-state index in [0.717, 1.165) is 25.0 Å². The number of hydrogen-bond donors (Lipinski definition) is 1. The van der Waals surface area contributed by atoms with Crippen molar-refractivity contribution in [2.45, 2.75) is 40.2 Å². The van der Waals surface area contributed by atoms with Crippen molar-refractivity contribution >= 4 is 11.9 Å². The molecule has 0 radical (unpaired) electrons. The average molecular weight is 282 g/mol. The number of amides is 1. The number of aliphatic imine (C=N–C) groups is 1. The fourth-order valence-corrected chi connectivity index (χ4v) is 2.23. The summed E-state index contributed by atoms with van der Waals surface area (Å²) in [5.41, 5.74) is 0. The van der Waals surface area contributed by atoms with Crippen LogP contribution < -0.4 is 5.32 Å². The summed E-state index contributed by atoms with van der Waals surface area (Å²) >= 11 is 0. The molecule has 20 heavy (non-hydrogen) atoms. The van der Waals surface area contributed by atoms with Crippen LogP contribution in [0.15, 0.2) is 4.99 Å². The molecular formula is C15H30N4O. The zero-order valence-corrected chi connectivity index (χ0v) is 13.8. The molecule has 1 amide bonds. The van der Waals surface area contributed by atoms with Crippen LogP contribution in [0.1, 0.15) is 34.1 Å². The third-order valence-corrected chi connectivity index (χ3v) is 3.91. The molecule has 116 valence electrons. The van der Waals surface area contributed by atoms with E-state index in [1.54, 1.807) is 19.0 Å². The second kappa shape index (κ2) is 7.50. The van der Waals surface area contributed by atoms with Crippen LogP contribution in [0.5, 0.6) is 0 Å². The first-order valence-corrected chi connectivity index (χ1v) is 7.57. The zero-order valence-electron chi connectivity index (χ0n) is 13.8. The molecule has 0 saturated carbocycles. The molecule has 5 nitrogen and oxygen atoms in total. The summed E-state index contributed by atoms with van der Waals surface area (Å²) in [5.74, 6) is 2.32. The van der Waals surface area contributed by atoms with Crippen LogP contribution in [0.4, 0.5) is 0 Å². The second-order valence-corrected chi connectivity index (χ2v) is 6.42. The maximum atomic E-state index is 11.7. The van der Waals surface area contributed by atoms with E-state index in [1.807, 2.05) is 0 Å². The maximum Gasteiger partial charge on any atom is 0.243 e. The van der Waals surface area contributed by atoms with E-state index in [2.05, 4.69) is 42.9 Å². The zero-order chi connectivity index (χ0) is 15.3. The predicted octanol–water partition coefficient (Wildman–Crippen LogP) is 1.41. The molecule has 2 atom stereocenters.